The molecule has 0 amide bonds. The molecule has 0 spiro atoms. The Hall–Kier alpha value is -1.54. The maximum absolute atomic E-state index is 5.85. The predicted octanol–water partition coefficient (Wildman–Crippen LogP) is 2.74. The van der Waals surface area contributed by atoms with Gasteiger partial charge in [0.15, 0.2) is 0 Å². The van der Waals surface area contributed by atoms with Gasteiger partial charge in [-0.2, -0.15) is 0 Å². The summed E-state index contributed by atoms with van der Waals surface area (Å²) in [5, 5.41) is 2.47. The Labute approximate surface area is 96.0 Å². The maximum atomic E-state index is 5.85. The van der Waals surface area contributed by atoms with Crippen LogP contribution in [0.2, 0.25) is 0 Å². The van der Waals surface area contributed by atoms with Crippen molar-refractivity contribution in [3.63, 3.8) is 0 Å². The number of methoxy groups -OCH3 is 1. The number of fused-ring (bicyclic) bond motifs is 1. The van der Waals surface area contributed by atoms with Crippen LogP contribution in [-0.4, -0.2) is 13.2 Å². The highest BCUT2D eigenvalue weighted by molar-refractivity contribution is 5.87. The molecule has 1 unspecified atom stereocenters. The van der Waals surface area contributed by atoms with Gasteiger partial charge < -0.3 is 10.5 Å². The van der Waals surface area contributed by atoms with Crippen molar-refractivity contribution >= 4 is 10.8 Å². The minimum absolute atomic E-state index is 0.178. The summed E-state index contributed by atoms with van der Waals surface area (Å²) in [4.78, 5) is 0. The number of hydrogen-bond acceptors (Lipinski definition) is 2. The largest absolute Gasteiger partial charge is 0.497 e. The highest BCUT2D eigenvalue weighted by atomic mass is 16.5. The van der Waals surface area contributed by atoms with E-state index >= 15 is 0 Å². The molecule has 2 heteroatoms. The zero-order valence-corrected chi connectivity index (χ0v) is 9.73. The minimum atomic E-state index is 0.178. The Bertz CT molecular complexity index is 491. The topological polar surface area (TPSA) is 35.2 Å². The van der Waals surface area contributed by atoms with Gasteiger partial charge in [-0.3, -0.25) is 0 Å². The van der Waals surface area contributed by atoms with E-state index < -0.39 is 0 Å². The predicted molar refractivity (Wildman–Crippen MR) is 67.9 cm³/mol. The molecule has 0 aromatic heterocycles. The van der Waals surface area contributed by atoms with Crippen molar-refractivity contribution in [2.75, 3.05) is 7.11 Å². The summed E-state index contributed by atoms with van der Waals surface area (Å²) in [5.74, 6) is 0.893. The summed E-state index contributed by atoms with van der Waals surface area (Å²) in [6.07, 6.45) is 0.893. The van der Waals surface area contributed by atoms with Crippen molar-refractivity contribution in [2.24, 2.45) is 5.73 Å². The Morgan fingerprint density at radius 2 is 2.06 bits per heavy atom. The summed E-state index contributed by atoms with van der Waals surface area (Å²) in [7, 11) is 1.69. The van der Waals surface area contributed by atoms with E-state index in [-0.39, 0.29) is 6.04 Å². The van der Waals surface area contributed by atoms with Gasteiger partial charge in [0.05, 0.1) is 7.11 Å². The van der Waals surface area contributed by atoms with Crippen LogP contribution in [0.4, 0.5) is 0 Å². The van der Waals surface area contributed by atoms with Crippen molar-refractivity contribution in [3.05, 3.63) is 42.0 Å². The second-order valence-electron chi connectivity index (χ2n) is 4.19. The molecule has 2 rings (SSSR count). The molecule has 2 aromatic carbocycles. The normalized spacial score (nSPS) is 12.7. The third-order valence-electron chi connectivity index (χ3n) is 2.72. The molecule has 16 heavy (non-hydrogen) atoms. The van der Waals surface area contributed by atoms with Crippen molar-refractivity contribution in [3.8, 4) is 5.75 Å². The van der Waals surface area contributed by atoms with E-state index in [9.17, 15) is 0 Å². The Morgan fingerprint density at radius 3 is 2.75 bits per heavy atom. The number of benzene rings is 2. The fourth-order valence-electron chi connectivity index (χ4n) is 1.97. The molecule has 2 N–H and O–H groups in total. The molecule has 2 aromatic rings. The molecule has 0 aliphatic heterocycles. The lowest BCUT2D eigenvalue weighted by atomic mass is 9.99. The first-order valence-corrected chi connectivity index (χ1v) is 5.52. The summed E-state index contributed by atoms with van der Waals surface area (Å²) in [5.41, 5.74) is 7.14. The molecular formula is C14H17NO. The summed E-state index contributed by atoms with van der Waals surface area (Å²) in [6, 6.07) is 12.6. The quantitative estimate of drug-likeness (QED) is 0.854. The van der Waals surface area contributed by atoms with Gasteiger partial charge in [-0.25, -0.2) is 0 Å². The SMILES string of the molecule is COc1ccc2cccc(CC(C)N)c2c1. The van der Waals surface area contributed by atoms with E-state index in [1.54, 1.807) is 7.11 Å². The van der Waals surface area contributed by atoms with Crippen molar-refractivity contribution < 1.29 is 4.74 Å². The zero-order valence-electron chi connectivity index (χ0n) is 9.73. The average molecular weight is 215 g/mol. The third-order valence-corrected chi connectivity index (χ3v) is 2.72. The standard InChI is InChI=1S/C14H17NO/c1-10(15)8-12-5-3-4-11-6-7-13(16-2)9-14(11)12/h3-7,9-10H,8,15H2,1-2H3. The van der Waals surface area contributed by atoms with Gasteiger partial charge in [0, 0.05) is 6.04 Å². The van der Waals surface area contributed by atoms with Gasteiger partial charge in [-0.1, -0.05) is 24.3 Å². The molecule has 2 nitrogen and oxygen atoms in total. The second-order valence-corrected chi connectivity index (χ2v) is 4.19. The van der Waals surface area contributed by atoms with Gasteiger partial charge in [-0.05, 0) is 41.8 Å². The molecule has 0 heterocycles. The van der Waals surface area contributed by atoms with Crippen LogP contribution >= 0.6 is 0 Å². The fourth-order valence-corrected chi connectivity index (χ4v) is 1.97. The Balaban J connectivity index is 2.55. The molecule has 0 aliphatic rings. The van der Waals surface area contributed by atoms with Gasteiger partial charge in [0.25, 0.3) is 0 Å². The highest BCUT2D eigenvalue weighted by Gasteiger charge is 2.04. The van der Waals surface area contributed by atoms with Crippen LogP contribution in [0.3, 0.4) is 0 Å². The molecule has 84 valence electrons. The van der Waals surface area contributed by atoms with Gasteiger partial charge in [0.1, 0.15) is 5.75 Å². The van der Waals surface area contributed by atoms with Crippen molar-refractivity contribution in [2.45, 2.75) is 19.4 Å². The number of nitrogens with two attached hydrogens (primary N) is 1. The molecule has 0 radical (unpaired) electrons. The fraction of sp³-hybridized carbons (Fsp3) is 0.286. The summed E-state index contributed by atoms with van der Waals surface area (Å²) < 4.78 is 5.25. The molecule has 1 atom stereocenters. The van der Waals surface area contributed by atoms with Crippen LogP contribution in [-0.2, 0) is 6.42 Å². The van der Waals surface area contributed by atoms with Crippen molar-refractivity contribution in [1.82, 2.24) is 0 Å². The van der Waals surface area contributed by atoms with Crippen LogP contribution in [0, 0.1) is 0 Å². The molecule has 0 saturated heterocycles. The van der Waals surface area contributed by atoms with Crippen LogP contribution in [0.1, 0.15) is 12.5 Å². The molecule has 0 fully saturated rings. The Morgan fingerprint density at radius 1 is 1.25 bits per heavy atom. The average Bonchev–Trinajstić information content (AvgIpc) is 2.28. The maximum Gasteiger partial charge on any atom is 0.119 e. The van der Waals surface area contributed by atoms with Crippen molar-refractivity contribution in [1.29, 1.82) is 0 Å². The number of ether oxygens (including phenoxy) is 1. The lowest BCUT2D eigenvalue weighted by Gasteiger charge is -2.10. The molecular weight excluding hydrogens is 198 g/mol. The van der Waals surface area contributed by atoms with Gasteiger partial charge >= 0.3 is 0 Å². The van der Waals surface area contributed by atoms with Crippen LogP contribution in [0.25, 0.3) is 10.8 Å². The zero-order chi connectivity index (χ0) is 11.5. The lowest BCUT2D eigenvalue weighted by Crippen LogP contribution is -2.17. The molecule has 0 aliphatic carbocycles. The molecule has 0 bridgehead atoms. The first kappa shape index (κ1) is 11.0. The van der Waals surface area contributed by atoms with Crippen LogP contribution < -0.4 is 10.5 Å². The smallest absolute Gasteiger partial charge is 0.119 e. The second kappa shape index (κ2) is 4.54. The van der Waals surface area contributed by atoms with E-state index in [0.29, 0.717) is 0 Å². The monoisotopic (exact) mass is 215 g/mol. The van der Waals surface area contributed by atoms with E-state index in [1.807, 2.05) is 13.0 Å². The van der Waals surface area contributed by atoms with E-state index in [0.717, 1.165) is 12.2 Å². The molecule has 0 saturated carbocycles. The van der Waals surface area contributed by atoms with E-state index in [1.165, 1.54) is 16.3 Å². The first-order chi connectivity index (χ1) is 7.70. The van der Waals surface area contributed by atoms with Gasteiger partial charge in [0.2, 0.25) is 0 Å². The van der Waals surface area contributed by atoms with Crippen LogP contribution in [0.15, 0.2) is 36.4 Å². The first-order valence-electron chi connectivity index (χ1n) is 5.52. The van der Waals surface area contributed by atoms with Crippen LogP contribution in [0.5, 0.6) is 5.75 Å². The summed E-state index contributed by atoms with van der Waals surface area (Å²) in [6.45, 7) is 2.03. The van der Waals surface area contributed by atoms with E-state index in [2.05, 4.69) is 30.3 Å². The number of rotatable bonds is 3. The van der Waals surface area contributed by atoms with E-state index in [4.69, 9.17) is 10.5 Å². The van der Waals surface area contributed by atoms with Gasteiger partial charge in [-0.15, -0.1) is 0 Å². The number of hydrogen-bond donors (Lipinski definition) is 1. The minimum Gasteiger partial charge on any atom is -0.497 e. The Kier molecular flexibility index (Phi) is 3.11. The third kappa shape index (κ3) is 2.17. The lowest BCUT2D eigenvalue weighted by molar-refractivity contribution is 0.415. The summed E-state index contributed by atoms with van der Waals surface area (Å²) >= 11 is 0. The highest BCUT2D eigenvalue weighted by Crippen LogP contribution is 2.24.